The van der Waals surface area contributed by atoms with Crippen LogP contribution >= 0.6 is 11.8 Å². The first-order valence-corrected chi connectivity index (χ1v) is 12.0. The van der Waals surface area contributed by atoms with Crippen molar-refractivity contribution in [3.63, 3.8) is 0 Å². The summed E-state index contributed by atoms with van der Waals surface area (Å²) in [5.74, 6) is -1.05. The molecule has 1 atom stereocenters. The lowest BCUT2D eigenvalue weighted by Gasteiger charge is -2.30. The second-order valence-corrected chi connectivity index (χ2v) is 9.04. The Morgan fingerprint density at radius 3 is 2.44 bits per heavy atom. The molecule has 0 radical (unpaired) electrons. The van der Waals surface area contributed by atoms with Gasteiger partial charge in [0.05, 0.1) is 23.4 Å². The molecule has 0 bridgehead atoms. The van der Waals surface area contributed by atoms with Crippen LogP contribution in [-0.4, -0.2) is 30.4 Å². The van der Waals surface area contributed by atoms with Gasteiger partial charge in [-0.2, -0.15) is 0 Å². The second-order valence-electron chi connectivity index (χ2n) is 7.96. The minimum Gasteiger partial charge on any atom is -0.462 e. The van der Waals surface area contributed by atoms with Crippen molar-refractivity contribution in [1.82, 2.24) is 0 Å². The third-order valence-corrected chi connectivity index (χ3v) is 6.75. The van der Waals surface area contributed by atoms with Crippen LogP contribution in [0.15, 0.2) is 76.5 Å². The largest absolute Gasteiger partial charge is 0.462 e. The summed E-state index contributed by atoms with van der Waals surface area (Å²) >= 11 is 1.44. The number of amides is 2. The van der Waals surface area contributed by atoms with E-state index in [0.717, 1.165) is 15.4 Å². The Labute approximate surface area is 203 Å². The number of carbonyl (C=O) groups excluding carboxylic acids is 3. The number of fused-ring (bicyclic) bond motifs is 2. The van der Waals surface area contributed by atoms with Crippen molar-refractivity contribution in [3.05, 3.63) is 83.4 Å². The molecule has 0 saturated heterocycles. The van der Waals surface area contributed by atoms with Crippen molar-refractivity contribution >= 4 is 40.9 Å². The lowest BCUT2D eigenvalue weighted by atomic mass is 10.1. The molecule has 6 nitrogen and oxygen atoms in total. The van der Waals surface area contributed by atoms with Crippen LogP contribution in [0.1, 0.15) is 46.5 Å². The van der Waals surface area contributed by atoms with Gasteiger partial charge in [0, 0.05) is 15.5 Å². The molecular formula is C27H26N2O4S. The van der Waals surface area contributed by atoms with Crippen LogP contribution in [0.4, 0.5) is 11.4 Å². The number of aryl methyl sites for hydroxylation is 1. The summed E-state index contributed by atoms with van der Waals surface area (Å²) in [7, 11) is 0. The number of hydrogen-bond donors (Lipinski definition) is 1. The molecule has 1 heterocycles. The first-order valence-electron chi connectivity index (χ1n) is 11.2. The Morgan fingerprint density at radius 1 is 1.00 bits per heavy atom. The third-order valence-electron chi connectivity index (χ3n) is 5.61. The average Bonchev–Trinajstić information content (AvgIpc) is 2.95. The highest BCUT2D eigenvalue weighted by Crippen LogP contribution is 2.43. The van der Waals surface area contributed by atoms with Gasteiger partial charge in [0.2, 0.25) is 5.91 Å². The smallest absolute Gasteiger partial charge is 0.338 e. The van der Waals surface area contributed by atoms with Gasteiger partial charge in [-0.3, -0.25) is 14.5 Å². The van der Waals surface area contributed by atoms with Crippen LogP contribution in [0.25, 0.3) is 0 Å². The SMILES string of the molecule is CCOC(=O)c1ccc2c(c1)N(C(CC)C(=O)Nc1ccc(C)cc1)C(=O)c1ccccc1S2. The number of nitrogens with zero attached hydrogens (tertiary/aromatic N) is 1. The van der Waals surface area contributed by atoms with Gasteiger partial charge < -0.3 is 10.1 Å². The van der Waals surface area contributed by atoms with Gasteiger partial charge in [-0.25, -0.2) is 4.79 Å². The summed E-state index contributed by atoms with van der Waals surface area (Å²) in [4.78, 5) is 42.8. The van der Waals surface area contributed by atoms with Crippen LogP contribution in [-0.2, 0) is 9.53 Å². The monoisotopic (exact) mass is 474 g/mol. The van der Waals surface area contributed by atoms with E-state index >= 15 is 0 Å². The van der Waals surface area contributed by atoms with Gasteiger partial charge in [0.15, 0.2) is 0 Å². The van der Waals surface area contributed by atoms with Gasteiger partial charge in [0.25, 0.3) is 5.91 Å². The fourth-order valence-electron chi connectivity index (χ4n) is 3.88. The summed E-state index contributed by atoms with van der Waals surface area (Å²) in [5, 5.41) is 2.94. The molecule has 1 aliphatic heterocycles. The molecule has 1 N–H and O–H groups in total. The number of carbonyl (C=O) groups is 3. The van der Waals surface area contributed by atoms with Crippen molar-refractivity contribution in [3.8, 4) is 0 Å². The molecular weight excluding hydrogens is 448 g/mol. The molecule has 1 unspecified atom stereocenters. The van der Waals surface area contributed by atoms with E-state index in [0.29, 0.717) is 28.9 Å². The summed E-state index contributed by atoms with van der Waals surface area (Å²) in [6.45, 7) is 5.83. The number of ether oxygens (including phenoxy) is 1. The zero-order valence-corrected chi connectivity index (χ0v) is 20.1. The maximum atomic E-state index is 13.8. The van der Waals surface area contributed by atoms with Crippen LogP contribution in [0.2, 0.25) is 0 Å². The van der Waals surface area contributed by atoms with Gasteiger partial charge >= 0.3 is 5.97 Å². The van der Waals surface area contributed by atoms with Crippen LogP contribution in [0.3, 0.4) is 0 Å². The molecule has 0 spiro atoms. The molecule has 0 fully saturated rings. The predicted molar refractivity (Wildman–Crippen MR) is 134 cm³/mol. The van der Waals surface area contributed by atoms with E-state index in [-0.39, 0.29) is 18.4 Å². The zero-order valence-electron chi connectivity index (χ0n) is 19.3. The number of esters is 1. The molecule has 3 aromatic carbocycles. The number of benzene rings is 3. The number of nitrogens with one attached hydrogen (secondary N) is 1. The van der Waals surface area contributed by atoms with Gasteiger partial charge in [0.1, 0.15) is 6.04 Å². The van der Waals surface area contributed by atoms with Crippen molar-refractivity contribution in [1.29, 1.82) is 0 Å². The third kappa shape index (κ3) is 4.70. The number of hydrogen-bond acceptors (Lipinski definition) is 5. The Morgan fingerprint density at radius 2 is 1.74 bits per heavy atom. The summed E-state index contributed by atoms with van der Waals surface area (Å²) in [6, 6.07) is 19.2. The molecule has 34 heavy (non-hydrogen) atoms. The highest BCUT2D eigenvalue weighted by atomic mass is 32.2. The van der Waals surface area contributed by atoms with E-state index < -0.39 is 12.0 Å². The first-order chi connectivity index (χ1) is 16.4. The number of anilines is 2. The van der Waals surface area contributed by atoms with E-state index in [9.17, 15) is 14.4 Å². The molecule has 3 aromatic rings. The molecule has 0 aromatic heterocycles. The van der Waals surface area contributed by atoms with E-state index in [1.807, 2.05) is 56.3 Å². The highest BCUT2D eigenvalue weighted by molar-refractivity contribution is 7.99. The summed E-state index contributed by atoms with van der Waals surface area (Å²) < 4.78 is 5.17. The highest BCUT2D eigenvalue weighted by Gasteiger charge is 2.36. The topological polar surface area (TPSA) is 75.7 Å². The summed E-state index contributed by atoms with van der Waals surface area (Å²) in [5.41, 5.74) is 3.11. The normalized spacial score (nSPS) is 13.4. The van der Waals surface area contributed by atoms with Crippen LogP contribution < -0.4 is 10.2 Å². The van der Waals surface area contributed by atoms with E-state index in [1.165, 1.54) is 16.7 Å². The number of rotatable bonds is 6. The lowest BCUT2D eigenvalue weighted by Crippen LogP contribution is -2.47. The average molecular weight is 475 g/mol. The fraction of sp³-hybridized carbons (Fsp3) is 0.222. The van der Waals surface area contributed by atoms with E-state index in [4.69, 9.17) is 4.74 Å². The molecule has 2 amide bonds. The first kappa shape index (κ1) is 23.6. The lowest BCUT2D eigenvalue weighted by molar-refractivity contribution is -0.117. The Kier molecular flexibility index (Phi) is 7.03. The Hall–Kier alpha value is -3.58. The summed E-state index contributed by atoms with van der Waals surface area (Å²) in [6.07, 6.45) is 0.388. The maximum Gasteiger partial charge on any atom is 0.338 e. The van der Waals surface area contributed by atoms with Gasteiger partial charge in [-0.1, -0.05) is 48.5 Å². The molecule has 1 aliphatic rings. The molecule has 0 saturated carbocycles. The van der Waals surface area contributed by atoms with Crippen molar-refractivity contribution in [2.45, 2.75) is 43.0 Å². The van der Waals surface area contributed by atoms with E-state index in [1.54, 1.807) is 31.2 Å². The second kappa shape index (κ2) is 10.1. The molecule has 4 rings (SSSR count). The Balaban J connectivity index is 1.80. The molecule has 174 valence electrons. The standard InChI is InChI=1S/C27H26N2O4S/c1-4-21(25(30)28-19-13-10-17(3)11-14-19)29-22-16-18(27(32)33-5-2)12-15-24(22)34-23-9-7-6-8-20(23)26(29)31/h6-16,21H,4-5H2,1-3H3,(H,28,30). The van der Waals surface area contributed by atoms with Crippen molar-refractivity contribution in [2.24, 2.45) is 0 Å². The predicted octanol–water partition coefficient (Wildman–Crippen LogP) is 5.70. The van der Waals surface area contributed by atoms with Crippen LogP contribution in [0, 0.1) is 6.92 Å². The van der Waals surface area contributed by atoms with Crippen molar-refractivity contribution in [2.75, 3.05) is 16.8 Å². The van der Waals surface area contributed by atoms with Gasteiger partial charge in [-0.05, 0) is 62.7 Å². The van der Waals surface area contributed by atoms with Crippen LogP contribution in [0.5, 0.6) is 0 Å². The minimum atomic E-state index is -0.781. The molecule has 0 aliphatic carbocycles. The quantitative estimate of drug-likeness (QED) is 0.464. The van der Waals surface area contributed by atoms with Gasteiger partial charge in [-0.15, -0.1) is 0 Å². The minimum absolute atomic E-state index is 0.245. The fourth-order valence-corrected chi connectivity index (χ4v) is 4.93. The maximum absolute atomic E-state index is 13.8. The molecule has 7 heteroatoms. The zero-order chi connectivity index (χ0) is 24.2. The van der Waals surface area contributed by atoms with E-state index in [2.05, 4.69) is 5.32 Å². The van der Waals surface area contributed by atoms with Crippen molar-refractivity contribution < 1.29 is 19.1 Å². The Bertz CT molecular complexity index is 1240.